The zero-order valence-electron chi connectivity index (χ0n) is 11.5. The Balaban J connectivity index is 2.17. The maximum atomic E-state index is 13.3. The number of benzene rings is 1. The molecular weight excluding hydrogens is 341 g/mol. The van der Waals surface area contributed by atoms with Crippen LogP contribution in [0.2, 0.25) is 0 Å². The topological polar surface area (TPSA) is 30.0 Å². The third-order valence-corrected chi connectivity index (χ3v) is 4.12. The molecule has 1 aromatic heterocycles. The highest BCUT2D eigenvalue weighted by Gasteiger charge is 2.19. The van der Waals surface area contributed by atoms with E-state index in [4.69, 9.17) is 0 Å². The number of Topliss-reactive ketones (excluding diaryl/α,β-unsaturated/α-hetero) is 1. The zero-order chi connectivity index (χ0) is 14.9. The molecule has 1 heterocycles. The van der Waals surface area contributed by atoms with Crippen LogP contribution in [0.15, 0.2) is 28.1 Å². The summed E-state index contributed by atoms with van der Waals surface area (Å²) in [5, 5.41) is 2.74. The van der Waals surface area contributed by atoms with Crippen molar-refractivity contribution in [3.05, 3.63) is 50.1 Å². The lowest BCUT2D eigenvalue weighted by Gasteiger charge is -2.14. The average Bonchev–Trinajstić information content (AvgIpc) is 2.75. The monoisotopic (exact) mass is 355 g/mol. The summed E-state index contributed by atoms with van der Waals surface area (Å²) >= 11 is 4.66. The third kappa shape index (κ3) is 3.73. The van der Waals surface area contributed by atoms with Crippen molar-refractivity contribution in [2.75, 3.05) is 0 Å². The second-order valence-corrected chi connectivity index (χ2v) is 7.49. The Labute approximate surface area is 130 Å². The minimum atomic E-state index is -0.419. The molecule has 0 saturated carbocycles. The Hall–Kier alpha value is -1.07. The number of ketones is 1. The molecule has 106 valence electrons. The van der Waals surface area contributed by atoms with Crippen LogP contribution in [0.5, 0.6) is 0 Å². The molecule has 2 rings (SSSR count). The molecule has 0 spiro atoms. The number of aromatic nitrogens is 1. The second-order valence-electron chi connectivity index (χ2n) is 5.63. The van der Waals surface area contributed by atoms with Gasteiger partial charge < -0.3 is 0 Å². The Morgan fingerprint density at radius 2 is 2.05 bits per heavy atom. The summed E-state index contributed by atoms with van der Waals surface area (Å²) in [7, 11) is 0. The van der Waals surface area contributed by atoms with Crippen LogP contribution < -0.4 is 0 Å². The van der Waals surface area contributed by atoms with Crippen molar-refractivity contribution in [3.63, 3.8) is 0 Å². The van der Waals surface area contributed by atoms with Gasteiger partial charge in [-0.25, -0.2) is 9.37 Å². The summed E-state index contributed by atoms with van der Waals surface area (Å²) in [5.74, 6) is -0.544. The first-order valence-electron chi connectivity index (χ1n) is 6.20. The van der Waals surface area contributed by atoms with Crippen molar-refractivity contribution in [1.82, 2.24) is 4.98 Å². The average molecular weight is 356 g/mol. The van der Waals surface area contributed by atoms with Gasteiger partial charge in [0.25, 0.3) is 0 Å². The number of hydrogen-bond acceptors (Lipinski definition) is 3. The van der Waals surface area contributed by atoms with Crippen molar-refractivity contribution < 1.29 is 9.18 Å². The van der Waals surface area contributed by atoms with E-state index in [9.17, 15) is 9.18 Å². The van der Waals surface area contributed by atoms with Gasteiger partial charge in [0, 0.05) is 20.8 Å². The normalized spacial score (nSPS) is 11.7. The number of rotatable bonds is 3. The molecule has 0 amide bonds. The lowest BCUT2D eigenvalue weighted by Crippen LogP contribution is -2.12. The highest BCUT2D eigenvalue weighted by molar-refractivity contribution is 9.10. The molecule has 0 aliphatic rings. The van der Waals surface area contributed by atoms with E-state index in [1.165, 1.54) is 23.5 Å². The molecule has 0 saturated heterocycles. The predicted octanol–water partition coefficient (Wildman–Crippen LogP) is 4.77. The Kier molecular flexibility index (Phi) is 4.39. The molecule has 5 heteroatoms. The highest BCUT2D eigenvalue weighted by atomic mass is 79.9. The van der Waals surface area contributed by atoms with Crippen LogP contribution in [0, 0.1) is 5.82 Å². The number of carbonyl (C=O) groups is 1. The van der Waals surface area contributed by atoms with Crippen LogP contribution in [-0.2, 0) is 11.8 Å². The molecule has 0 aliphatic heterocycles. The van der Waals surface area contributed by atoms with E-state index in [-0.39, 0.29) is 17.6 Å². The summed E-state index contributed by atoms with van der Waals surface area (Å²) in [5.41, 5.74) is 1.31. The molecule has 1 aromatic carbocycles. The minimum Gasteiger partial charge on any atom is -0.294 e. The number of thiazole rings is 1. The molecule has 20 heavy (non-hydrogen) atoms. The molecule has 2 nitrogen and oxygen atoms in total. The number of halogens is 2. The Morgan fingerprint density at radius 3 is 2.60 bits per heavy atom. The highest BCUT2D eigenvalue weighted by Crippen LogP contribution is 2.25. The van der Waals surface area contributed by atoms with Crippen LogP contribution in [0.3, 0.4) is 0 Å². The largest absolute Gasteiger partial charge is 0.294 e. The zero-order valence-corrected chi connectivity index (χ0v) is 13.9. The quantitative estimate of drug-likeness (QED) is 0.742. The third-order valence-electron chi connectivity index (χ3n) is 2.82. The van der Waals surface area contributed by atoms with Gasteiger partial charge >= 0.3 is 0 Å². The van der Waals surface area contributed by atoms with Crippen molar-refractivity contribution >= 4 is 33.0 Å². The number of carbonyl (C=O) groups excluding carboxylic acids is 1. The SMILES string of the molecule is CC(C)(C)c1csc(CC(=O)c2cc(F)cc(Br)c2)n1. The summed E-state index contributed by atoms with van der Waals surface area (Å²) in [4.78, 5) is 16.6. The van der Waals surface area contributed by atoms with Crippen LogP contribution >= 0.6 is 27.3 Å². The summed E-state index contributed by atoms with van der Waals surface area (Å²) < 4.78 is 13.9. The molecule has 0 N–H and O–H groups in total. The van der Waals surface area contributed by atoms with Crippen molar-refractivity contribution in [2.45, 2.75) is 32.6 Å². The van der Waals surface area contributed by atoms with Gasteiger partial charge in [-0.2, -0.15) is 0 Å². The van der Waals surface area contributed by atoms with Gasteiger partial charge in [0.1, 0.15) is 10.8 Å². The molecule has 0 unspecified atom stereocenters. The van der Waals surface area contributed by atoms with Crippen molar-refractivity contribution in [1.29, 1.82) is 0 Å². The fraction of sp³-hybridized carbons (Fsp3) is 0.333. The lowest BCUT2D eigenvalue weighted by atomic mass is 9.93. The van der Waals surface area contributed by atoms with Crippen LogP contribution in [0.4, 0.5) is 4.39 Å². The second kappa shape index (κ2) is 5.74. The standard InChI is InChI=1S/C15H15BrFNOS/c1-15(2,3)13-8-20-14(18-13)7-12(19)9-4-10(16)6-11(17)5-9/h4-6,8H,7H2,1-3H3. The van der Waals surface area contributed by atoms with Gasteiger partial charge in [-0.15, -0.1) is 11.3 Å². The van der Waals surface area contributed by atoms with Gasteiger partial charge in [0.2, 0.25) is 0 Å². The lowest BCUT2D eigenvalue weighted by molar-refractivity contribution is 0.0992. The predicted molar refractivity (Wildman–Crippen MR) is 82.9 cm³/mol. The minimum absolute atomic E-state index is 0.0281. The Morgan fingerprint density at radius 1 is 1.35 bits per heavy atom. The van der Waals surface area contributed by atoms with Gasteiger partial charge in [-0.3, -0.25) is 4.79 Å². The van der Waals surface area contributed by atoms with Gasteiger partial charge in [-0.05, 0) is 18.2 Å². The van der Waals surface area contributed by atoms with E-state index < -0.39 is 5.82 Å². The maximum Gasteiger partial charge on any atom is 0.169 e. The smallest absolute Gasteiger partial charge is 0.169 e. The first-order valence-corrected chi connectivity index (χ1v) is 7.87. The summed E-state index contributed by atoms with van der Waals surface area (Å²) in [6.07, 6.45) is 0.205. The summed E-state index contributed by atoms with van der Waals surface area (Å²) in [6.45, 7) is 6.24. The van der Waals surface area contributed by atoms with E-state index >= 15 is 0 Å². The molecule has 0 bridgehead atoms. The first-order chi connectivity index (χ1) is 9.25. The van der Waals surface area contributed by atoms with Crippen LogP contribution in [0.1, 0.15) is 41.8 Å². The van der Waals surface area contributed by atoms with Crippen molar-refractivity contribution in [2.24, 2.45) is 0 Å². The molecule has 0 fully saturated rings. The molecule has 2 aromatic rings. The van der Waals surface area contributed by atoms with Gasteiger partial charge in [0.15, 0.2) is 5.78 Å². The van der Waals surface area contributed by atoms with Crippen LogP contribution in [-0.4, -0.2) is 10.8 Å². The summed E-state index contributed by atoms with van der Waals surface area (Å²) in [6, 6.07) is 4.22. The first kappa shape index (κ1) is 15.3. The van der Waals surface area contributed by atoms with E-state index in [1.807, 2.05) is 5.38 Å². The van der Waals surface area contributed by atoms with Crippen LogP contribution in [0.25, 0.3) is 0 Å². The maximum absolute atomic E-state index is 13.3. The van der Waals surface area contributed by atoms with Gasteiger partial charge in [0.05, 0.1) is 12.1 Å². The fourth-order valence-electron chi connectivity index (χ4n) is 1.69. The van der Waals surface area contributed by atoms with E-state index in [0.717, 1.165) is 10.7 Å². The molecule has 0 radical (unpaired) electrons. The molecular formula is C15H15BrFNOS. The van der Waals surface area contributed by atoms with Crippen molar-refractivity contribution in [3.8, 4) is 0 Å². The van der Waals surface area contributed by atoms with E-state index in [0.29, 0.717) is 10.0 Å². The fourth-order valence-corrected chi connectivity index (χ4v) is 3.18. The molecule has 0 atom stereocenters. The van der Waals surface area contributed by atoms with E-state index in [1.54, 1.807) is 6.07 Å². The number of nitrogens with zero attached hydrogens (tertiary/aromatic N) is 1. The van der Waals surface area contributed by atoms with E-state index in [2.05, 4.69) is 41.7 Å². The Bertz CT molecular complexity index is 625. The van der Waals surface area contributed by atoms with Gasteiger partial charge in [-0.1, -0.05) is 36.7 Å². The number of hydrogen-bond donors (Lipinski definition) is 0. The molecule has 0 aliphatic carbocycles.